The first-order valence-corrected chi connectivity index (χ1v) is 10.0. The standard InChI is InChI=1S/C23H26FN3O/c1-17-5-7-18(8-6-17)21-15-22(19-9-11-20(24)12-10-19)27(25-21)23(28)16-26-13-3-2-4-14-26/h5-12,22H,2-4,13-16H2,1H3. The lowest BCUT2D eigenvalue weighted by atomic mass is 9.98. The minimum atomic E-state index is -0.271. The van der Waals surface area contributed by atoms with E-state index in [1.165, 1.54) is 24.1 Å². The van der Waals surface area contributed by atoms with E-state index in [1.54, 1.807) is 17.1 Å². The van der Waals surface area contributed by atoms with Crippen LogP contribution in [0.25, 0.3) is 0 Å². The van der Waals surface area contributed by atoms with Crippen molar-refractivity contribution in [1.82, 2.24) is 9.91 Å². The summed E-state index contributed by atoms with van der Waals surface area (Å²) in [7, 11) is 0. The summed E-state index contributed by atoms with van der Waals surface area (Å²) in [6.07, 6.45) is 4.17. The number of likely N-dealkylation sites (tertiary alicyclic amines) is 1. The highest BCUT2D eigenvalue weighted by molar-refractivity contribution is 6.03. The molecule has 0 spiro atoms. The van der Waals surface area contributed by atoms with Gasteiger partial charge in [-0.1, -0.05) is 48.4 Å². The number of carbonyl (C=O) groups excluding carboxylic acids is 1. The molecule has 0 radical (unpaired) electrons. The van der Waals surface area contributed by atoms with Crippen LogP contribution in [0.15, 0.2) is 53.6 Å². The molecular formula is C23H26FN3O. The molecule has 2 heterocycles. The Hall–Kier alpha value is -2.53. The molecule has 4 nitrogen and oxygen atoms in total. The Morgan fingerprint density at radius 2 is 1.71 bits per heavy atom. The van der Waals surface area contributed by atoms with Crippen molar-refractivity contribution in [3.05, 3.63) is 71.0 Å². The topological polar surface area (TPSA) is 35.9 Å². The Morgan fingerprint density at radius 1 is 1.04 bits per heavy atom. The number of hydrogen-bond donors (Lipinski definition) is 0. The Kier molecular flexibility index (Phi) is 5.53. The van der Waals surface area contributed by atoms with E-state index in [9.17, 15) is 9.18 Å². The number of amides is 1. The highest BCUT2D eigenvalue weighted by atomic mass is 19.1. The zero-order valence-electron chi connectivity index (χ0n) is 16.3. The van der Waals surface area contributed by atoms with Crippen molar-refractivity contribution in [1.29, 1.82) is 0 Å². The van der Waals surface area contributed by atoms with Crippen molar-refractivity contribution in [3.63, 3.8) is 0 Å². The van der Waals surface area contributed by atoms with Crippen LogP contribution in [-0.4, -0.2) is 41.2 Å². The van der Waals surface area contributed by atoms with E-state index in [2.05, 4.69) is 36.1 Å². The Morgan fingerprint density at radius 3 is 2.39 bits per heavy atom. The first kappa shape index (κ1) is 18.8. The fourth-order valence-corrected chi connectivity index (χ4v) is 3.99. The predicted molar refractivity (Wildman–Crippen MR) is 109 cm³/mol. The molecule has 2 aromatic rings. The van der Waals surface area contributed by atoms with Crippen LogP contribution in [0.2, 0.25) is 0 Å². The van der Waals surface area contributed by atoms with Crippen molar-refractivity contribution in [2.45, 2.75) is 38.6 Å². The van der Waals surface area contributed by atoms with Gasteiger partial charge in [-0.05, 0) is 56.1 Å². The monoisotopic (exact) mass is 379 g/mol. The van der Waals surface area contributed by atoms with E-state index < -0.39 is 0 Å². The summed E-state index contributed by atoms with van der Waals surface area (Å²) in [5.74, 6) is -0.258. The maximum atomic E-state index is 13.4. The summed E-state index contributed by atoms with van der Waals surface area (Å²) in [6.45, 7) is 4.38. The second kappa shape index (κ2) is 8.23. The normalized spacial score (nSPS) is 20.3. The van der Waals surface area contributed by atoms with Crippen LogP contribution in [-0.2, 0) is 4.79 Å². The lowest BCUT2D eigenvalue weighted by molar-refractivity contribution is -0.134. The molecule has 0 saturated carbocycles. The van der Waals surface area contributed by atoms with Gasteiger partial charge >= 0.3 is 0 Å². The van der Waals surface area contributed by atoms with Crippen LogP contribution < -0.4 is 0 Å². The quantitative estimate of drug-likeness (QED) is 0.794. The second-order valence-electron chi connectivity index (χ2n) is 7.76. The molecule has 2 aliphatic heterocycles. The van der Waals surface area contributed by atoms with Crippen molar-refractivity contribution < 1.29 is 9.18 Å². The molecule has 0 aromatic heterocycles. The third-order valence-electron chi connectivity index (χ3n) is 5.61. The number of piperidine rings is 1. The van der Waals surface area contributed by atoms with Gasteiger partial charge < -0.3 is 0 Å². The molecular weight excluding hydrogens is 353 g/mol. The fraction of sp³-hybridized carbons (Fsp3) is 0.391. The highest BCUT2D eigenvalue weighted by Crippen LogP contribution is 2.33. The van der Waals surface area contributed by atoms with Gasteiger partial charge in [0, 0.05) is 6.42 Å². The lowest BCUT2D eigenvalue weighted by Crippen LogP contribution is -2.40. The van der Waals surface area contributed by atoms with E-state index >= 15 is 0 Å². The third-order valence-corrected chi connectivity index (χ3v) is 5.61. The van der Waals surface area contributed by atoms with Crippen molar-refractivity contribution in [3.8, 4) is 0 Å². The number of hydrogen-bond acceptors (Lipinski definition) is 3. The lowest BCUT2D eigenvalue weighted by Gasteiger charge is -2.29. The smallest absolute Gasteiger partial charge is 0.257 e. The molecule has 146 valence electrons. The molecule has 4 rings (SSSR count). The van der Waals surface area contributed by atoms with E-state index in [1.807, 2.05) is 0 Å². The van der Waals surface area contributed by atoms with Gasteiger partial charge in [0.15, 0.2) is 0 Å². The number of aryl methyl sites for hydroxylation is 1. The van der Waals surface area contributed by atoms with Crippen molar-refractivity contribution in [2.75, 3.05) is 19.6 Å². The van der Waals surface area contributed by atoms with Gasteiger partial charge in [-0.15, -0.1) is 0 Å². The van der Waals surface area contributed by atoms with E-state index in [0.29, 0.717) is 13.0 Å². The first-order valence-electron chi connectivity index (χ1n) is 10.0. The molecule has 28 heavy (non-hydrogen) atoms. The van der Waals surface area contributed by atoms with Gasteiger partial charge in [-0.3, -0.25) is 9.69 Å². The summed E-state index contributed by atoms with van der Waals surface area (Å²) in [4.78, 5) is 15.3. The van der Waals surface area contributed by atoms with Crippen LogP contribution in [0.3, 0.4) is 0 Å². The molecule has 1 atom stereocenters. The molecule has 0 N–H and O–H groups in total. The van der Waals surface area contributed by atoms with Crippen LogP contribution in [0.1, 0.15) is 48.4 Å². The Balaban J connectivity index is 1.59. The summed E-state index contributed by atoms with van der Waals surface area (Å²) in [5, 5.41) is 6.34. The van der Waals surface area contributed by atoms with Gasteiger partial charge in [-0.2, -0.15) is 5.10 Å². The molecule has 0 aliphatic carbocycles. The summed E-state index contributed by atoms with van der Waals surface area (Å²) >= 11 is 0. The van der Waals surface area contributed by atoms with E-state index in [4.69, 9.17) is 5.10 Å². The van der Waals surface area contributed by atoms with Gasteiger partial charge in [-0.25, -0.2) is 9.40 Å². The molecule has 1 saturated heterocycles. The van der Waals surface area contributed by atoms with E-state index in [0.717, 1.165) is 42.8 Å². The SMILES string of the molecule is Cc1ccc(C2=NN(C(=O)CN3CCCCC3)C(c3ccc(F)cc3)C2)cc1. The molecule has 1 amide bonds. The number of hydrazone groups is 1. The number of nitrogens with zero attached hydrogens (tertiary/aromatic N) is 3. The molecule has 2 aromatic carbocycles. The van der Waals surface area contributed by atoms with Crippen LogP contribution in [0, 0.1) is 12.7 Å². The van der Waals surface area contributed by atoms with Crippen molar-refractivity contribution >= 4 is 11.6 Å². The highest BCUT2D eigenvalue weighted by Gasteiger charge is 2.33. The fourth-order valence-electron chi connectivity index (χ4n) is 3.99. The minimum absolute atomic E-state index is 0.0123. The minimum Gasteiger partial charge on any atom is -0.294 e. The molecule has 5 heteroatoms. The zero-order chi connectivity index (χ0) is 19.5. The largest absolute Gasteiger partial charge is 0.294 e. The van der Waals surface area contributed by atoms with Gasteiger partial charge in [0.2, 0.25) is 0 Å². The first-order chi connectivity index (χ1) is 13.6. The number of rotatable bonds is 4. The third kappa shape index (κ3) is 4.14. The Bertz CT molecular complexity index is 854. The summed E-state index contributed by atoms with van der Waals surface area (Å²) in [5.41, 5.74) is 4.04. The van der Waals surface area contributed by atoms with Crippen LogP contribution >= 0.6 is 0 Å². The number of carbonyl (C=O) groups is 1. The predicted octanol–water partition coefficient (Wildman–Crippen LogP) is 4.30. The average Bonchev–Trinajstić information content (AvgIpc) is 3.15. The van der Waals surface area contributed by atoms with E-state index in [-0.39, 0.29) is 17.8 Å². The molecule has 2 aliphatic rings. The summed E-state index contributed by atoms with van der Waals surface area (Å²) < 4.78 is 13.4. The second-order valence-corrected chi connectivity index (χ2v) is 7.76. The van der Waals surface area contributed by atoms with Crippen molar-refractivity contribution in [2.24, 2.45) is 5.10 Å². The molecule has 1 fully saturated rings. The maximum Gasteiger partial charge on any atom is 0.257 e. The average molecular weight is 379 g/mol. The number of benzene rings is 2. The maximum absolute atomic E-state index is 13.4. The van der Waals surface area contributed by atoms with Gasteiger partial charge in [0.05, 0.1) is 18.3 Å². The van der Waals surface area contributed by atoms with Gasteiger partial charge in [0.25, 0.3) is 5.91 Å². The molecule has 1 unspecified atom stereocenters. The van der Waals surface area contributed by atoms with Crippen LogP contribution in [0.5, 0.6) is 0 Å². The zero-order valence-corrected chi connectivity index (χ0v) is 16.3. The van der Waals surface area contributed by atoms with Gasteiger partial charge in [0.1, 0.15) is 5.82 Å². The summed E-state index contributed by atoms with van der Waals surface area (Å²) in [6, 6.07) is 14.5. The number of halogens is 1. The van der Waals surface area contributed by atoms with Crippen LogP contribution in [0.4, 0.5) is 4.39 Å². The Labute approximate surface area is 165 Å². The molecule has 0 bridgehead atoms.